The Kier molecular flexibility index (Phi) is 5.68. The second kappa shape index (κ2) is 8.68. The van der Waals surface area contributed by atoms with E-state index in [4.69, 9.17) is 9.47 Å². The van der Waals surface area contributed by atoms with Crippen LogP contribution >= 0.6 is 15.9 Å². The molecule has 0 aromatic heterocycles. The Balaban J connectivity index is 1.39. The van der Waals surface area contributed by atoms with Gasteiger partial charge in [-0.1, -0.05) is 28.1 Å². The molecule has 34 heavy (non-hydrogen) atoms. The lowest BCUT2D eigenvalue weighted by atomic mass is 9.85. The van der Waals surface area contributed by atoms with Gasteiger partial charge in [-0.25, -0.2) is 0 Å². The lowest BCUT2D eigenvalue weighted by molar-refractivity contribution is -0.384. The largest absolute Gasteiger partial charge is 0.493 e. The minimum Gasteiger partial charge on any atom is -0.493 e. The van der Waals surface area contributed by atoms with Gasteiger partial charge in [0.15, 0.2) is 11.5 Å². The number of methoxy groups -OCH3 is 1. The van der Waals surface area contributed by atoms with Gasteiger partial charge in [-0.15, -0.1) is 0 Å². The van der Waals surface area contributed by atoms with Crippen LogP contribution < -0.4 is 9.47 Å². The number of carbonyl (C=O) groups excluding carboxylic acids is 2. The number of rotatable bonds is 7. The molecule has 0 unspecified atom stereocenters. The standard InChI is InChI=1S/C24H20BrN3O6/c1-33-19-10-17(25)9-16(22(19)34-12-13-2-6-18(7-3-13)28(31)32)11-26-27-23(29)20-14-4-5-15(8-14)21(20)24(27)30/h2-7,9-11,14-15,20-21H,8,12H2,1H3/t14-,15-,20-,21+/m0/s1. The van der Waals surface area contributed by atoms with Crippen LogP contribution in [0.3, 0.4) is 0 Å². The molecule has 3 aliphatic rings. The summed E-state index contributed by atoms with van der Waals surface area (Å²) >= 11 is 3.43. The Labute approximate surface area is 203 Å². The fraction of sp³-hybridized carbons (Fsp3) is 0.292. The first kappa shape index (κ1) is 22.3. The molecule has 9 nitrogen and oxygen atoms in total. The number of ether oxygens (including phenoxy) is 2. The molecule has 2 aromatic carbocycles. The summed E-state index contributed by atoms with van der Waals surface area (Å²) in [5.74, 6) is -0.165. The predicted octanol–water partition coefficient (Wildman–Crippen LogP) is 4.09. The van der Waals surface area contributed by atoms with Gasteiger partial charge < -0.3 is 9.47 Å². The quantitative estimate of drug-likeness (QED) is 0.177. The van der Waals surface area contributed by atoms with Crippen LogP contribution in [0, 0.1) is 33.8 Å². The number of hydrogen-bond acceptors (Lipinski definition) is 7. The van der Waals surface area contributed by atoms with Gasteiger partial charge in [-0.3, -0.25) is 19.7 Å². The van der Waals surface area contributed by atoms with Crippen molar-refractivity contribution >= 4 is 39.6 Å². The van der Waals surface area contributed by atoms with Gasteiger partial charge in [0.05, 0.1) is 30.1 Å². The van der Waals surface area contributed by atoms with Gasteiger partial charge in [0.25, 0.3) is 17.5 Å². The zero-order valence-electron chi connectivity index (χ0n) is 18.1. The first-order valence-corrected chi connectivity index (χ1v) is 11.5. The summed E-state index contributed by atoms with van der Waals surface area (Å²) in [4.78, 5) is 36.2. The summed E-state index contributed by atoms with van der Waals surface area (Å²) in [5.41, 5.74) is 1.22. The zero-order valence-corrected chi connectivity index (χ0v) is 19.7. The normalized spacial score (nSPS) is 24.8. The first-order valence-electron chi connectivity index (χ1n) is 10.7. The molecule has 174 valence electrons. The second-order valence-corrected chi connectivity index (χ2v) is 9.39. The maximum atomic E-state index is 12.9. The molecular weight excluding hydrogens is 506 g/mol. The van der Waals surface area contributed by atoms with Crippen LogP contribution in [0.2, 0.25) is 0 Å². The molecule has 5 rings (SSSR count). The summed E-state index contributed by atoms with van der Waals surface area (Å²) in [5, 5.41) is 16.1. The predicted molar refractivity (Wildman–Crippen MR) is 125 cm³/mol. The highest BCUT2D eigenvalue weighted by Crippen LogP contribution is 2.52. The van der Waals surface area contributed by atoms with Crippen LogP contribution in [0.25, 0.3) is 0 Å². The van der Waals surface area contributed by atoms with Gasteiger partial charge in [0.1, 0.15) is 6.61 Å². The number of imide groups is 1. The molecule has 2 fully saturated rings. The van der Waals surface area contributed by atoms with E-state index in [1.54, 1.807) is 24.3 Å². The van der Waals surface area contributed by atoms with E-state index in [9.17, 15) is 19.7 Å². The monoisotopic (exact) mass is 525 g/mol. The number of nitro benzene ring substituents is 1. The van der Waals surface area contributed by atoms with E-state index in [1.165, 1.54) is 25.5 Å². The molecule has 2 aliphatic carbocycles. The van der Waals surface area contributed by atoms with Gasteiger partial charge in [0.2, 0.25) is 0 Å². The summed E-state index contributed by atoms with van der Waals surface area (Å²) < 4.78 is 12.1. The number of non-ortho nitro benzene ring substituents is 1. The third kappa shape index (κ3) is 3.77. The van der Waals surface area contributed by atoms with Crippen molar-refractivity contribution in [2.45, 2.75) is 13.0 Å². The number of allylic oxidation sites excluding steroid dienone is 2. The van der Waals surface area contributed by atoms with Crippen LogP contribution in [0.15, 0.2) is 58.1 Å². The Bertz CT molecular complexity index is 1210. The van der Waals surface area contributed by atoms with E-state index < -0.39 is 4.92 Å². The average Bonchev–Trinajstić information content (AvgIpc) is 3.51. The Morgan fingerprint density at radius 3 is 2.38 bits per heavy atom. The van der Waals surface area contributed by atoms with Crippen molar-refractivity contribution in [2.24, 2.45) is 28.8 Å². The van der Waals surface area contributed by atoms with Crippen molar-refractivity contribution in [1.82, 2.24) is 5.01 Å². The van der Waals surface area contributed by atoms with Gasteiger partial charge in [-0.2, -0.15) is 10.1 Å². The number of benzene rings is 2. The fourth-order valence-electron chi connectivity index (χ4n) is 4.98. The van der Waals surface area contributed by atoms with Crippen molar-refractivity contribution < 1.29 is 24.0 Å². The van der Waals surface area contributed by atoms with E-state index in [0.29, 0.717) is 21.5 Å². The van der Waals surface area contributed by atoms with Crippen LogP contribution in [-0.4, -0.2) is 35.1 Å². The van der Waals surface area contributed by atoms with Crippen LogP contribution in [0.5, 0.6) is 11.5 Å². The van der Waals surface area contributed by atoms with E-state index in [2.05, 4.69) is 21.0 Å². The first-order chi connectivity index (χ1) is 16.4. The molecule has 10 heteroatoms. The number of amides is 2. The highest BCUT2D eigenvalue weighted by Gasteiger charge is 2.59. The number of carbonyl (C=O) groups is 2. The van der Waals surface area contributed by atoms with Gasteiger partial charge >= 0.3 is 0 Å². The van der Waals surface area contributed by atoms with Crippen molar-refractivity contribution in [3.8, 4) is 11.5 Å². The molecule has 1 saturated carbocycles. The van der Waals surface area contributed by atoms with E-state index in [1.807, 2.05) is 12.2 Å². The number of nitro groups is 1. The number of fused-ring (bicyclic) bond motifs is 5. The lowest BCUT2D eigenvalue weighted by Gasteiger charge is -2.15. The minimum atomic E-state index is -0.465. The van der Waals surface area contributed by atoms with Crippen molar-refractivity contribution in [3.63, 3.8) is 0 Å². The molecule has 1 heterocycles. The number of halogens is 1. The summed E-state index contributed by atoms with van der Waals surface area (Å²) in [6, 6.07) is 9.50. The topological polar surface area (TPSA) is 111 Å². The summed E-state index contributed by atoms with van der Waals surface area (Å²) in [6.07, 6.45) is 6.35. The number of nitrogens with zero attached hydrogens (tertiary/aromatic N) is 3. The summed E-state index contributed by atoms with van der Waals surface area (Å²) in [6.45, 7) is 0.123. The molecule has 1 saturated heterocycles. The molecular formula is C24H20BrN3O6. The Morgan fingerprint density at radius 2 is 1.79 bits per heavy atom. The highest BCUT2D eigenvalue weighted by atomic mass is 79.9. The molecule has 2 amide bonds. The van der Waals surface area contributed by atoms with Gasteiger partial charge in [-0.05, 0) is 48.1 Å². The number of hydrogen-bond donors (Lipinski definition) is 0. The third-order valence-corrected chi connectivity index (χ3v) is 7.02. The van der Waals surface area contributed by atoms with E-state index in [0.717, 1.165) is 17.0 Å². The maximum Gasteiger partial charge on any atom is 0.269 e. The lowest BCUT2D eigenvalue weighted by Crippen LogP contribution is -2.28. The van der Waals surface area contributed by atoms with Gasteiger partial charge in [0, 0.05) is 22.2 Å². The fourth-order valence-corrected chi connectivity index (χ4v) is 5.44. The smallest absolute Gasteiger partial charge is 0.269 e. The Morgan fingerprint density at radius 1 is 1.15 bits per heavy atom. The highest BCUT2D eigenvalue weighted by molar-refractivity contribution is 9.10. The SMILES string of the molecule is COc1cc(Br)cc(C=NN2C(=O)[C@@H]3[C@H](C2=O)[C@H]2C=C[C@H]3C2)c1OCc1ccc([N+](=O)[O-])cc1. The second-order valence-electron chi connectivity index (χ2n) is 8.47. The van der Waals surface area contributed by atoms with Crippen molar-refractivity contribution in [1.29, 1.82) is 0 Å². The molecule has 0 radical (unpaired) electrons. The molecule has 4 atom stereocenters. The van der Waals surface area contributed by atoms with Crippen molar-refractivity contribution in [3.05, 3.63) is 74.3 Å². The van der Waals surface area contributed by atoms with Crippen LogP contribution in [-0.2, 0) is 16.2 Å². The molecule has 0 N–H and O–H groups in total. The number of hydrazone groups is 1. The van der Waals surface area contributed by atoms with Crippen LogP contribution in [0.1, 0.15) is 17.5 Å². The maximum absolute atomic E-state index is 12.9. The molecule has 1 aliphatic heterocycles. The van der Waals surface area contributed by atoms with Crippen molar-refractivity contribution in [2.75, 3.05) is 7.11 Å². The molecule has 2 bridgehead atoms. The van der Waals surface area contributed by atoms with E-state index >= 15 is 0 Å². The molecule has 2 aromatic rings. The van der Waals surface area contributed by atoms with E-state index in [-0.39, 0.29) is 47.8 Å². The average molecular weight is 526 g/mol. The minimum absolute atomic E-state index is 0.00820. The summed E-state index contributed by atoms with van der Waals surface area (Å²) in [7, 11) is 1.50. The molecule has 0 spiro atoms. The Hall–Kier alpha value is -3.53. The zero-order chi connectivity index (χ0) is 24.0. The van der Waals surface area contributed by atoms with Crippen LogP contribution in [0.4, 0.5) is 5.69 Å². The third-order valence-electron chi connectivity index (χ3n) is 6.56.